The molecule has 0 bridgehead atoms. The van der Waals surface area contributed by atoms with E-state index in [1.807, 2.05) is 24.3 Å². The standard InChI is InChI=1S/C20H27NO2/c1-15(2)16-6-4-9-20(12-16)23-11-10-18(14-21)17-7-5-8-19(13-17)22-3/h4-9,12-13,15,18H,10-11,14,21H2,1-3H3. The normalized spacial score (nSPS) is 12.2. The van der Waals surface area contributed by atoms with Gasteiger partial charge in [0.2, 0.25) is 0 Å². The summed E-state index contributed by atoms with van der Waals surface area (Å²) in [5.41, 5.74) is 8.44. The fraction of sp³-hybridized carbons (Fsp3) is 0.400. The zero-order valence-electron chi connectivity index (χ0n) is 14.3. The first-order valence-corrected chi connectivity index (χ1v) is 8.20. The highest BCUT2D eigenvalue weighted by molar-refractivity contribution is 5.32. The third-order valence-corrected chi connectivity index (χ3v) is 4.11. The molecule has 23 heavy (non-hydrogen) atoms. The summed E-state index contributed by atoms with van der Waals surface area (Å²) < 4.78 is 11.2. The largest absolute Gasteiger partial charge is 0.497 e. The number of hydrogen-bond acceptors (Lipinski definition) is 3. The maximum Gasteiger partial charge on any atom is 0.119 e. The second-order valence-corrected chi connectivity index (χ2v) is 6.07. The number of ether oxygens (including phenoxy) is 2. The summed E-state index contributed by atoms with van der Waals surface area (Å²) in [5.74, 6) is 2.58. The molecule has 0 saturated carbocycles. The van der Waals surface area contributed by atoms with Gasteiger partial charge in [-0.15, -0.1) is 0 Å². The van der Waals surface area contributed by atoms with E-state index in [1.54, 1.807) is 7.11 Å². The van der Waals surface area contributed by atoms with Crippen molar-refractivity contribution in [1.29, 1.82) is 0 Å². The van der Waals surface area contributed by atoms with Crippen molar-refractivity contribution < 1.29 is 9.47 Å². The van der Waals surface area contributed by atoms with Crippen LogP contribution in [0, 0.1) is 0 Å². The van der Waals surface area contributed by atoms with Crippen molar-refractivity contribution in [2.24, 2.45) is 5.73 Å². The molecule has 2 aromatic rings. The van der Waals surface area contributed by atoms with Gasteiger partial charge in [-0.25, -0.2) is 0 Å². The molecule has 0 aliphatic rings. The highest BCUT2D eigenvalue weighted by atomic mass is 16.5. The van der Waals surface area contributed by atoms with Crippen LogP contribution in [-0.4, -0.2) is 20.3 Å². The lowest BCUT2D eigenvalue weighted by Gasteiger charge is -2.17. The van der Waals surface area contributed by atoms with E-state index < -0.39 is 0 Å². The van der Waals surface area contributed by atoms with Gasteiger partial charge in [0.1, 0.15) is 11.5 Å². The minimum atomic E-state index is 0.276. The Morgan fingerprint density at radius 3 is 2.26 bits per heavy atom. The SMILES string of the molecule is COc1cccc(C(CN)CCOc2cccc(C(C)C)c2)c1. The molecule has 0 radical (unpaired) electrons. The molecule has 3 heteroatoms. The van der Waals surface area contributed by atoms with Crippen LogP contribution in [0.2, 0.25) is 0 Å². The average molecular weight is 313 g/mol. The second-order valence-electron chi connectivity index (χ2n) is 6.07. The summed E-state index contributed by atoms with van der Waals surface area (Å²) in [5, 5.41) is 0. The molecule has 1 atom stereocenters. The predicted molar refractivity (Wildman–Crippen MR) is 95.4 cm³/mol. The second kappa shape index (κ2) is 8.59. The zero-order chi connectivity index (χ0) is 16.7. The van der Waals surface area contributed by atoms with E-state index in [0.717, 1.165) is 17.9 Å². The smallest absolute Gasteiger partial charge is 0.119 e. The number of hydrogen-bond donors (Lipinski definition) is 1. The molecule has 0 aromatic heterocycles. The van der Waals surface area contributed by atoms with Crippen molar-refractivity contribution in [3.8, 4) is 11.5 Å². The molecule has 3 nitrogen and oxygen atoms in total. The third kappa shape index (κ3) is 5.00. The van der Waals surface area contributed by atoms with Gasteiger partial charge >= 0.3 is 0 Å². The molecule has 0 heterocycles. The van der Waals surface area contributed by atoms with Crippen molar-refractivity contribution in [2.45, 2.75) is 32.1 Å². The fourth-order valence-electron chi connectivity index (χ4n) is 2.60. The summed E-state index contributed by atoms with van der Waals surface area (Å²) in [6.07, 6.45) is 0.884. The molecule has 2 aromatic carbocycles. The van der Waals surface area contributed by atoms with Gasteiger partial charge in [-0.05, 0) is 60.2 Å². The molecule has 0 amide bonds. The summed E-state index contributed by atoms with van der Waals surface area (Å²) in [4.78, 5) is 0. The van der Waals surface area contributed by atoms with Crippen LogP contribution in [-0.2, 0) is 0 Å². The first-order chi connectivity index (χ1) is 11.1. The number of methoxy groups -OCH3 is 1. The third-order valence-electron chi connectivity index (χ3n) is 4.11. The Kier molecular flexibility index (Phi) is 6.48. The van der Waals surface area contributed by atoms with Gasteiger partial charge in [-0.1, -0.05) is 38.1 Å². The first kappa shape index (κ1) is 17.4. The molecule has 2 rings (SSSR count). The topological polar surface area (TPSA) is 44.5 Å². The highest BCUT2D eigenvalue weighted by Crippen LogP contribution is 2.24. The van der Waals surface area contributed by atoms with Crippen molar-refractivity contribution in [1.82, 2.24) is 0 Å². The quantitative estimate of drug-likeness (QED) is 0.789. The van der Waals surface area contributed by atoms with Gasteiger partial charge in [0.15, 0.2) is 0 Å². The molecular weight excluding hydrogens is 286 g/mol. The minimum absolute atomic E-state index is 0.276. The van der Waals surface area contributed by atoms with E-state index in [4.69, 9.17) is 15.2 Å². The predicted octanol–water partition coefficient (Wildman–Crippen LogP) is 4.33. The fourth-order valence-corrected chi connectivity index (χ4v) is 2.60. The Labute approximate surface area is 139 Å². The molecule has 0 spiro atoms. The first-order valence-electron chi connectivity index (χ1n) is 8.20. The monoisotopic (exact) mass is 313 g/mol. The maximum absolute atomic E-state index is 5.94. The molecule has 0 saturated heterocycles. The van der Waals surface area contributed by atoms with Crippen molar-refractivity contribution >= 4 is 0 Å². The van der Waals surface area contributed by atoms with Gasteiger partial charge in [0.25, 0.3) is 0 Å². The highest BCUT2D eigenvalue weighted by Gasteiger charge is 2.11. The van der Waals surface area contributed by atoms with Gasteiger partial charge in [0.05, 0.1) is 13.7 Å². The van der Waals surface area contributed by atoms with Gasteiger partial charge < -0.3 is 15.2 Å². The number of benzene rings is 2. The van der Waals surface area contributed by atoms with Crippen LogP contribution in [0.3, 0.4) is 0 Å². The Morgan fingerprint density at radius 2 is 1.61 bits per heavy atom. The van der Waals surface area contributed by atoms with Gasteiger partial charge in [0, 0.05) is 0 Å². The van der Waals surface area contributed by atoms with E-state index in [2.05, 4.69) is 38.1 Å². The Hall–Kier alpha value is -2.00. The van der Waals surface area contributed by atoms with Crippen LogP contribution in [0.1, 0.15) is 43.2 Å². The van der Waals surface area contributed by atoms with Crippen LogP contribution in [0.4, 0.5) is 0 Å². The van der Waals surface area contributed by atoms with Crippen molar-refractivity contribution in [3.63, 3.8) is 0 Å². The van der Waals surface area contributed by atoms with Gasteiger partial charge in [-0.2, -0.15) is 0 Å². The summed E-state index contributed by atoms with van der Waals surface area (Å²) >= 11 is 0. The molecular formula is C20H27NO2. The van der Waals surface area contributed by atoms with Crippen molar-refractivity contribution in [2.75, 3.05) is 20.3 Å². The Morgan fingerprint density at radius 1 is 0.957 bits per heavy atom. The lowest BCUT2D eigenvalue weighted by atomic mass is 9.96. The van der Waals surface area contributed by atoms with Crippen molar-refractivity contribution in [3.05, 3.63) is 59.7 Å². The zero-order valence-corrected chi connectivity index (χ0v) is 14.3. The van der Waals surface area contributed by atoms with E-state index in [0.29, 0.717) is 19.1 Å². The van der Waals surface area contributed by atoms with E-state index >= 15 is 0 Å². The molecule has 0 aliphatic heterocycles. The maximum atomic E-state index is 5.94. The molecule has 124 valence electrons. The van der Waals surface area contributed by atoms with Crippen LogP contribution in [0.5, 0.6) is 11.5 Å². The molecule has 2 N–H and O–H groups in total. The molecule has 0 aliphatic carbocycles. The van der Waals surface area contributed by atoms with Crippen LogP contribution >= 0.6 is 0 Å². The lowest BCUT2D eigenvalue weighted by molar-refractivity contribution is 0.298. The van der Waals surface area contributed by atoms with E-state index in [1.165, 1.54) is 11.1 Å². The van der Waals surface area contributed by atoms with E-state index in [9.17, 15) is 0 Å². The molecule has 0 fully saturated rings. The summed E-state index contributed by atoms with van der Waals surface area (Å²) in [7, 11) is 1.68. The minimum Gasteiger partial charge on any atom is -0.497 e. The van der Waals surface area contributed by atoms with Crippen LogP contribution in [0.25, 0.3) is 0 Å². The van der Waals surface area contributed by atoms with Crippen LogP contribution in [0.15, 0.2) is 48.5 Å². The summed E-state index contributed by atoms with van der Waals surface area (Å²) in [6, 6.07) is 16.4. The molecule has 1 unspecified atom stereocenters. The average Bonchev–Trinajstić information content (AvgIpc) is 2.59. The summed E-state index contributed by atoms with van der Waals surface area (Å²) in [6.45, 7) is 5.63. The van der Waals surface area contributed by atoms with Gasteiger partial charge in [-0.3, -0.25) is 0 Å². The Bertz CT molecular complexity index is 610. The number of nitrogens with two attached hydrogens (primary N) is 1. The Balaban J connectivity index is 1.94. The van der Waals surface area contributed by atoms with Crippen LogP contribution < -0.4 is 15.2 Å². The number of rotatable bonds is 8. The van der Waals surface area contributed by atoms with E-state index in [-0.39, 0.29) is 5.92 Å². The lowest BCUT2D eigenvalue weighted by Crippen LogP contribution is -2.15.